The number of hydrogen-bond donors (Lipinski definition) is 0. The molecule has 0 radical (unpaired) electrons. The van der Waals surface area contributed by atoms with Gasteiger partial charge in [0.2, 0.25) is 0 Å². The summed E-state index contributed by atoms with van der Waals surface area (Å²) < 4.78 is 8.06. The van der Waals surface area contributed by atoms with Crippen LogP contribution in [0.25, 0.3) is 0 Å². The zero-order valence-electron chi connectivity index (χ0n) is 2.88. The molecule has 0 amide bonds. The van der Waals surface area contributed by atoms with Crippen LogP contribution in [0.5, 0.6) is 0 Å². The number of hydrogen-bond acceptors (Lipinski definition) is 1. The van der Waals surface area contributed by atoms with E-state index in [0.29, 0.717) is 0 Å². The molecule has 0 aliphatic heterocycles. The van der Waals surface area contributed by atoms with Crippen molar-refractivity contribution in [3.05, 3.63) is 0 Å². The predicted molar refractivity (Wildman–Crippen MR) is 13.6 cm³/mol. The fourth-order valence-electron chi connectivity index (χ4n) is 0. The van der Waals surface area contributed by atoms with Crippen molar-refractivity contribution in [3.63, 3.8) is 0 Å². The largest absolute Gasteiger partial charge is 3.00 e. The van der Waals surface area contributed by atoms with Crippen LogP contribution in [-0.4, -0.2) is 27.5 Å². The average Bonchev–Trinajstić information content (AvgIpc) is 1.00. The molecule has 0 saturated heterocycles. The first-order valence-electron chi connectivity index (χ1n) is 0.204. The molecule has 3 nitrogen and oxygen atoms in total. The standard InChI is InChI=1S/Al.OSi.2O.Y/c;1-2;;;/q+3;+2;2*-2;+3. The van der Waals surface area contributed by atoms with E-state index < -0.39 is 0 Å². The Bertz CT molecular complexity index is 10.8. The average molecular weight is 192 g/mol. The summed E-state index contributed by atoms with van der Waals surface area (Å²) in [4.78, 5) is 0. The van der Waals surface area contributed by atoms with Crippen molar-refractivity contribution >= 4 is 27.5 Å². The molecule has 0 aromatic carbocycles. The van der Waals surface area contributed by atoms with Crippen molar-refractivity contribution < 1.29 is 48.1 Å². The van der Waals surface area contributed by atoms with Gasteiger partial charge in [-0.25, -0.2) is 0 Å². The molecule has 24 valence electrons. The van der Waals surface area contributed by atoms with Gasteiger partial charge < -0.3 is 11.0 Å². The van der Waals surface area contributed by atoms with Crippen LogP contribution in [0.4, 0.5) is 0 Å². The van der Waals surface area contributed by atoms with Gasteiger partial charge in [0.15, 0.2) is 0 Å². The van der Waals surface area contributed by atoms with Crippen LogP contribution < -0.4 is 0 Å². The molecule has 0 spiro atoms. The van der Waals surface area contributed by atoms with E-state index in [1.807, 2.05) is 0 Å². The minimum absolute atomic E-state index is 0. The van der Waals surface area contributed by atoms with Crippen LogP contribution in [0.1, 0.15) is 0 Å². The van der Waals surface area contributed by atoms with E-state index in [4.69, 9.17) is 4.46 Å². The topological polar surface area (TPSA) is 74.1 Å². The van der Waals surface area contributed by atoms with Crippen molar-refractivity contribution in [1.29, 1.82) is 0 Å². The van der Waals surface area contributed by atoms with E-state index in [9.17, 15) is 0 Å². The fourth-order valence-corrected chi connectivity index (χ4v) is 0. The van der Waals surface area contributed by atoms with Crippen LogP contribution in [0.2, 0.25) is 0 Å². The summed E-state index contributed by atoms with van der Waals surface area (Å²) in [7, 11) is 1.72. The maximum absolute atomic E-state index is 8.06. The molecular weight excluding hydrogens is 192 g/mol. The van der Waals surface area contributed by atoms with Gasteiger partial charge in [-0.3, -0.25) is 0 Å². The molecule has 0 heterocycles. The molecule has 0 aliphatic rings. The molecular formula is AlO3SiY+4. The van der Waals surface area contributed by atoms with E-state index >= 15 is 0 Å². The van der Waals surface area contributed by atoms with Gasteiger partial charge in [0.25, 0.3) is 0 Å². The summed E-state index contributed by atoms with van der Waals surface area (Å²) in [6.45, 7) is 0. The first-order chi connectivity index (χ1) is 1.00. The van der Waals surface area contributed by atoms with Crippen LogP contribution >= 0.6 is 0 Å². The predicted octanol–water partition coefficient (Wildman–Crippen LogP) is -1.12. The first kappa shape index (κ1) is 49.4. The van der Waals surface area contributed by atoms with Gasteiger partial charge in [-0.15, -0.1) is 0 Å². The molecule has 0 aromatic rings. The maximum Gasteiger partial charge on any atom is 3.00 e. The van der Waals surface area contributed by atoms with Gasteiger partial charge in [-0.1, -0.05) is 0 Å². The third kappa shape index (κ3) is 47.1. The molecule has 0 bridgehead atoms. The van der Waals surface area contributed by atoms with Crippen LogP contribution in [0, 0.1) is 0 Å². The smallest absolute Gasteiger partial charge is 2.00 e. The maximum atomic E-state index is 8.06. The monoisotopic (exact) mass is 192 g/mol. The van der Waals surface area contributed by atoms with Crippen LogP contribution in [0.15, 0.2) is 0 Å². The van der Waals surface area contributed by atoms with Crippen molar-refractivity contribution in [3.8, 4) is 0 Å². The minimum Gasteiger partial charge on any atom is -2.00 e. The van der Waals surface area contributed by atoms with E-state index in [-0.39, 0.29) is 61.0 Å². The van der Waals surface area contributed by atoms with Crippen LogP contribution in [0.3, 0.4) is 0 Å². The Kier molecular flexibility index (Phi) is 679. The zero-order valence-corrected chi connectivity index (χ0v) is 7.87. The van der Waals surface area contributed by atoms with Gasteiger partial charge in [-0.2, -0.15) is 0 Å². The SMILES string of the molecule is O=[Si+2].[Al+3].[O-2].[O-2].[Y+3]. The van der Waals surface area contributed by atoms with E-state index in [1.54, 1.807) is 10.1 Å². The normalized spacial score (nSPS) is 1.00. The van der Waals surface area contributed by atoms with E-state index in [2.05, 4.69) is 0 Å². The van der Waals surface area contributed by atoms with Crippen molar-refractivity contribution in [2.75, 3.05) is 0 Å². The fraction of sp³-hybridized carbons (Fsp3) is 0. The minimum atomic E-state index is 0. The number of rotatable bonds is 0. The third-order valence-electron chi connectivity index (χ3n) is 0. The Morgan fingerprint density at radius 2 is 1.00 bits per heavy atom. The summed E-state index contributed by atoms with van der Waals surface area (Å²) in [5, 5.41) is 0. The molecule has 6 heteroatoms. The van der Waals surface area contributed by atoms with Crippen molar-refractivity contribution in [1.82, 2.24) is 0 Å². The second-order valence-electron chi connectivity index (χ2n) is 0. The molecule has 0 aliphatic carbocycles. The molecule has 0 aromatic heterocycles. The second-order valence-corrected chi connectivity index (χ2v) is 0. The Balaban J connectivity index is -0.000000000833. The Hall–Kier alpha value is 1.57. The zero-order chi connectivity index (χ0) is 2.00. The molecule has 0 fully saturated rings. The Labute approximate surface area is 75.0 Å². The van der Waals surface area contributed by atoms with Gasteiger partial charge in [0.1, 0.15) is 0 Å². The molecule has 0 atom stereocenters. The van der Waals surface area contributed by atoms with Crippen molar-refractivity contribution in [2.45, 2.75) is 0 Å². The van der Waals surface area contributed by atoms with Crippen LogP contribution in [-0.2, 0) is 48.1 Å². The van der Waals surface area contributed by atoms with Gasteiger partial charge in [-0.05, 0) is 0 Å². The Morgan fingerprint density at radius 3 is 1.00 bits per heavy atom. The van der Waals surface area contributed by atoms with E-state index in [1.165, 1.54) is 0 Å². The summed E-state index contributed by atoms with van der Waals surface area (Å²) in [6, 6.07) is 0. The van der Waals surface area contributed by atoms with Crippen molar-refractivity contribution in [2.24, 2.45) is 0 Å². The summed E-state index contributed by atoms with van der Waals surface area (Å²) in [6.07, 6.45) is 0. The third-order valence-corrected chi connectivity index (χ3v) is 0. The molecule has 0 unspecified atom stereocenters. The molecule has 0 rings (SSSR count). The van der Waals surface area contributed by atoms with Gasteiger partial charge in [0.05, 0.1) is 0 Å². The van der Waals surface area contributed by atoms with E-state index in [0.717, 1.165) is 0 Å². The molecule has 0 N–H and O–H groups in total. The molecule has 6 heavy (non-hydrogen) atoms. The second kappa shape index (κ2) is 82.5. The summed E-state index contributed by atoms with van der Waals surface area (Å²) in [5.41, 5.74) is 0. The summed E-state index contributed by atoms with van der Waals surface area (Å²) in [5.74, 6) is 0. The Morgan fingerprint density at radius 1 is 1.00 bits per heavy atom. The molecule has 0 saturated carbocycles. The quantitative estimate of drug-likeness (QED) is 0.448. The van der Waals surface area contributed by atoms with Gasteiger partial charge in [0, 0.05) is 0 Å². The first-order valence-corrected chi connectivity index (χ1v) is 0.612. The summed E-state index contributed by atoms with van der Waals surface area (Å²) >= 11 is 0. The van der Waals surface area contributed by atoms with Gasteiger partial charge >= 0.3 is 64.7 Å².